The van der Waals surface area contributed by atoms with Crippen molar-refractivity contribution in [1.29, 1.82) is 0 Å². The molecular formula is C20H16ClIN2O5. The summed E-state index contributed by atoms with van der Waals surface area (Å²) in [6.07, 6.45) is 1.40. The number of barbiturate groups is 1. The van der Waals surface area contributed by atoms with Crippen molar-refractivity contribution >= 4 is 63.8 Å². The first kappa shape index (κ1) is 21.1. The predicted octanol–water partition coefficient (Wildman–Crippen LogP) is 4.02. The number of halogens is 2. The Kier molecular flexibility index (Phi) is 6.43. The lowest BCUT2D eigenvalue weighted by molar-refractivity contribution is -0.122. The maximum Gasteiger partial charge on any atom is 0.335 e. The van der Waals surface area contributed by atoms with E-state index in [-0.39, 0.29) is 16.3 Å². The van der Waals surface area contributed by atoms with E-state index < -0.39 is 17.8 Å². The molecule has 0 bridgehead atoms. The van der Waals surface area contributed by atoms with Crippen LogP contribution >= 0.6 is 34.2 Å². The Labute approximate surface area is 185 Å². The Morgan fingerprint density at radius 2 is 1.93 bits per heavy atom. The second-order valence-electron chi connectivity index (χ2n) is 5.88. The maximum absolute atomic E-state index is 13.0. The molecular weight excluding hydrogens is 511 g/mol. The number of hydrogen-bond donors (Lipinski definition) is 1. The SMILES string of the molecule is CCOc1c(I)cc(/C=C2\C(=O)NC(=O)N(c3ccccc3Cl)C2=O)cc1OC. The van der Waals surface area contributed by atoms with Crippen LogP contribution in [0.5, 0.6) is 11.5 Å². The van der Waals surface area contributed by atoms with Gasteiger partial charge >= 0.3 is 6.03 Å². The highest BCUT2D eigenvalue weighted by Gasteiger charge is 2.37. The molecule has 1 N–H and O–H groups in total. The summed E-state index contributed by atoms with van der Waals surface area (Å²) >= 11 is 8.21. The Hall–Kier alpha value is -2.59. The average Bonchev–Trinajstić information content (AvgIpc) is 2.68. The summed E-state index contributed by atoms with van der Waals surface area (Å²) < 4.78 is 11.7. The Morgan fingerprint density at radius 3 is 2.59 bits per heavy atom. The minimum absolute atomic E-state index is 0.189. The molecule has 1 saturated heterocycles. The first-order chi connectivity index (χ1) is 13.9. The van der Waals surface area contributed by atoms with Crippen molar-refractivity contribution in [3.63, 3.8) is 0 Å². The van der Waals surface area contributed by atoms with Gasteiger partial charge in [-0.1, -0.05) is 23.7 Å². The number of nitrogens with zero attached hydrogens (tertiary/aromatic N) is 1. The van der Waals surface area contributed by atoms with Gasteiger partial charge in [-0.3, -0.25) is 14.9 Å². The van der Waals surface area contributed by atoms with Crippen LogP contribution in [0, 0.1) is 3.57 Å². The fourth-order valence-electron chi connectivity index (χ4n) is 2.78. The smallest absolute Gasteiger partial charge is 0.335 e. The third-order valence-electron chi connectivity index (χ3n) is 4.05. The topological polar surface area (TPSA) is 84.9 Å². The molecule has 0 unspecified atom stereocenters. The van der Waals surface area contributed by atoms with Crippen LogP contribution in [0.2, 0.25) is 5.02 Å². The highest BCUT2D eigenvalue weighted by Crippen LogP contribution is 2.35. The molecule has 1 fully saturated rings. The standard InChI is InChI=1S/C20H16ClIN2O5/c1-3-29-17-14(22)9-11(10-16(17)28-2)8-12-18(25)23-20(27)24(19(12)26)15-7-5-4-6-13(15)21/h4-10H,3H2,1-2H3,(H,23,25,27)/b12-8+. The second-order valence-corrected chi connectivity index (χ2v) is 7.45. The molecule has 2 aromatic carbocycles. The highest BCUT2D eigenvalue weighted by atomic mass is 127. The fraction of sp³-hybridized carbons (Fsp3) is 0.150. The number of anilines is 1. The number of urea groups is 1. The second kappa shape index (κ2) is 8.83. The Morgan fingerprint density at radius 1 is 1.21 bits per heavy atom. The van der Waals surface area contributed by atoms with Crippen molar-refractivity contribution in [2.24, 2.45) is 0 Å². The lowest BCUT2D eigenvalue weighted by Crippen LogP contribution is -2.54. The molecule has 29 heavy (non-hydrogen) atoms. The van der Waals surface area contributed by atoms with E-state index in [1.54, 1.807) is 30.3 Å². The van der Waals surface area contributed by atoms with Crippen LogP contribution in [-0.2, 0) is 9.59 Å². The molecule has 0 aromatic heterocycles. The summed E-state index contributed by atoms with van der Waals surface area (Å²) in [4.78, 5) is 38.4. The Bertz CT molecular complexity index is 1040. The normalized spacial score (nSPS) is 15.5. The number of amides is 4. The van der Waals surface area contributed by atoms with E-state index >= 15 is 0 Å². The molecule has 0 spiro atoms. The molecule has 1 heterocycles. The molecule has 0 saturated carbocycles. The summed E-state index contributed by atoms with van der Waals surface area (Å²) in [7, 11) is 1.50. The van der Waals surface area contributed by atoms with E-state index in [9.17, 15) is 14.4 Å². The lowest BCUT2D eigenvalue weighted by Gasteiger charge is -2.27. The van der Waals surface area contributed by atoms with Crippen molar-refractivity contribution in [1.82, 2.24) is 5.32 Å². The molecule has 3 rings (SSSR count). The van der Waals surface area contributed by atoms with Crippen LogP contribution in [0.25, 0.3) is 6.08 Å². The van der Waals surface area contributed by atoms with E-state index in [0.717, 1.165) is 8.47 Å². The van der Waals surface area contributed by atoms with Gasteiger partial charge in [0.05, 0.1) is 28.0 Å². The highest BCUT2D eigenvalue weighted by molar-refractivity contribution is 14.1. The molecule has 0 aliphatic carbocycles. The number of methoxy groups -OCH3 is 1. The number of imide groups is 2. The first-order valence-electron chi connectivity index (χ1n) is 8.53. The average molecular weight is 527 g/mol. The molecule has 0 atom stereocenters. The maximum atomic E-state index is 13.0. The lowest BCUT2D eigenvalue weighted by atomic mass is 10.1. The van der Waals surface area contributed by atoms with Gasteiger partial charge in [-0.05, 0) is 65.4 Å². The minimum atomic E-state index is -0.857. The van der Waals surface area contributed by atoms with Crippen molar-refractivity contribution in [3.8, 4) is 11.5 Å². The van der Waals surface area contributed by atoms with Gasteiger partial charge in [-0.25, -0.2) is 9.69 Å². The summed E-state index contributed by atoms with van der Waals surface area (Å²) in [6, 6.07) is 8.93. The zero-order valence-corrected chi connectivity index (χ0v) is 18.4. The van der Waals surface area contributed by atoms with Crippen LogP contribution in [0.3, 0.4) is 0 Å². The third-order valence-corrected chi connectivity index (χ3v) is 5.17. The van der Waals surface area contributed by atoms with Crippen LogP contribution in [-0.4, -0.2) is 31.6 Å². The van der Waals surface area contributed by atoms with E-state index in [2.05, 4.69) is 27.9 Å². The number of rotatable bonds is 5. The van der Waals surface area contributed by atoms with Gasteiger partial charge in [0.15, 0.2) is 11.5 Å². The first-order valence-corrected chi connectivity index (χ1v) is 9.99. The fourth-order valence-corrected chi connectivity index (χ4v) is 3.78. The van der Waals surface area contributed by atoms with Gasteiger partial charge in [0.1, 0.15) is 5.57 Å². The van der Waals surface area contributed by atoms with Gasteiger partial charge in [0, 0.05) is 0 Å². The zero-order chi connectivity index (χ0) is 21.1. The quantitative estimate of drug-likeness (QED) is 0.361. The number of carbonyl (C=O) groups is 3. The minimum Gasteiger partial charge on any atom is -0.493 e. The zero-order valence-electron chi connectivity index (χ0n) is 15.5. The van der Waals surface area contributed by atoms with Crippen molar-refractivity contribution in [2.45, 2.75) is 6.92 Å². The van der Waals surface area contributed by atoms with Gasteiger partial charge in [0.25, 0.3) is 11.8 Å². The molecule has 2 aromatic rings. The van der Waals surface area contributed by atoms with Crippen LogP contribution in [0.4, 0.5) is 10.5 Å². The van der Waals surface area contributed by atoms with Crippen molar-refractivity contribution < 1.29 is 23.9 Å². The Balaban J connectivity index is 2.05. The van der Waals surface area contributed by atoms with Gasteiger partial charge in [-0.2, -0.15) is 0 Å². The molecule has 0 radical (unpaired) electrons. The molecule has 1 aliphatic rings. The monoisotopic (exact) mass is 526 g/mol. The summed E-state index contributed by atoms with van der Waals surface area (Å²) in [5.41, 5.74) is 0.530. The summed E-state index contributed by atoms with van der Waals surface area (Å²) in [6.45, 7) is 2.32. The molecule has 1 aliphatic heterocycles. The number of hydrogen-bond acceptors (Lipinski definition) is 5. The van der Waals surface area contributed by atoms with Gasteiger partial charge in [-0.15, -0.1) is 0 Å². The van der Waals surface area contributed by atoms with Gasteiger partial charge in [0.2, 0.25) is 0 Å². The molecule has 150 valence electrons. The number of benzene rings is 2. The van der Waals surface area contributed by atoms with E-state index in [0.29, 0.717) is 23.7 Å². The van der Waals surface area contributed by atoms with Crippen molar-refractivity contribution in [2.75, 3.05) is 18.6 Å². The molecule has 9 heteroatoms. The summed E-state index contributed by atoms with van der Waals surface area (Å²) in [5.74, 6) is -0.515. The number of para-hydroxylation sites is 1. The van der Waals surface area contributed by atoms with E-state index in [1.807, 2.05) is 6.92 Å². The third kappa shape index (κ3) is 4.23. The number of nitrogens with one attached hydrogen (secondary N) is 1. The predicted molar refractivity (Wildman–Crippen MR) is 117 cm³/mol. The molecule has 4 amide bonds. The summed E-state index contributed by atoms with van der Waals surface area (Å²) in [5, 5.41) is 2.38. The van der Waals surface area contributed by atoms with Crippen LogP contribution < -0.4 is 19.7 Å². The largest absolute Gasteiger partial charge is 0.493 e. The van der Waals surface area contributed by atoms with E-state index in [4.69, 9.17) is 21.1 Å². The number of carbonyl (C=O) groups excluding carboxylic acids is 3. The van der Waals surface area contributed by atoms with E-state index in [1.165, 1.54) is 19.3 Å². The van der Waals surface area contributed by atoms with Crippen LogP contribution in [0.1, 0.15) is 12.5 Å². The van der Waals surface area contributed by atoms with Crippen LogP contribution in [0.15, 0.2) is 42.0 Å². The van der Waals surface area contributed by atoms with Crippen molar-refractivity contribution in [3.05, 3.63) is 56.1 Å². The van der Waals surface area contributed by atoms with Gasteiger partial charge < -0.3 is 9.47 Å². The number of ether oxygens (including phenoxy) is 2. The molecule has 7 nitrogen and oxygen atoms in total.